The largest absolute Gasteiger partial charge is 0.383 e. The highest BCUT2D eigenvalue weighted by molar-refractivity contribution is 9.10. The third-order valence-corrected chi connectivity index (χ3v) is 3.99. The van der Waals surface area contributed by atoms with Crippen molar-refractivity contribution in [2.45, 2.75) is 13.0 Å². The fourth-order valence-corrected chi connectivity index (χ4v) is 2.80. The van der Waals surface area contributed by atoms with Gasteiger partial charge in [0.25, 0.3) is 5.91 Å². The minimum atomic E-state index is -0.858. The second kappa shape index (κ2) is 7.56. The van der Waals surface area contributed by atoms with E-state index in [0.717, 1.165) is 10.2 Å². The summed E-state index contributed by atoms with van der Waals surface area (Å²) in [6.07, 6.45) is 0. The normalized spacial score (nSPS) is 16.2. The number of methoxy groups -OCH3 is 1. The van der Waals surface area contributed by atoms with Crippen molar-refractivity contribution in [1.82, 2.24) is 10.6 Å². The highest BCUT2D eigenvalue weighted by Gasteiger charge is 2.38. The van der Waals surface area contributed by atoms with E-state index in [4.69, 9.17) is 4.74 Å². The zero-order valence-corrected chi connectivity index (χ0v) is 14.5. The number of anilines is 1. The lowest BCUT2D eigenvalue weighted by atomic mass is 10.1. The molecule has 0 saturated carbocycles. The molecule has 1 aromatic rings. The third kappa shape index (κ3) is 3.70. The zero-order valence-electron chi connectivity index (χ0n) is 12.9. The Labute approximate surface area is 142 Å². The molecule has 0 saturated heterocycles. The van der Waals surface area contributed by atoms with Gasteiger partial charge in [-0.05, 0) is 25.1 Å². The molecule has 124 valence electrons. The number of benzene rings is 1. The Morgan fingerprint density at radius 3 is 2.74 bits per heavy atom. The van der Waals surface area contributed by atoms with Crippen molar-refractivity contribution < 1.29 is 19.1 Å². The summed E-state index contributed by atoms with van der Waals surface area (Å²) >= 11 is 3.36. The fraction of sp³-hybridized carbons (Fsp3) is 0.400. The van der Waals surface area contributed by atoms with Gasteiger partial charge in [-0.2, -0.15) is 0 Å². The highest BCUT2D eigenvalue weighted by atomic mass is 79.9. The van der Waals surface area contributed by atoms with Gasteiger partial charge in [0, 0.05) is 35.9 Å². The maximum Gasteiger partial charge on any atom is 0.310 e. The van der Waals surface area contributed by atoms with E-state index in [-0.39, 0.29) is 12.5 Å². The number of ether oxygens (including phenoxy) is 1. The van der Waals surface area contributed by atoms with Crippen LogP contribution < -0.4 is 15.5 Å². The van der Waals surface area contributed by atoms with Crippen molar-refractivity contribution in [3.05, 3.63) is 28.2 Å². The summed E-state index contributed by atoms with van der Waals surface area (Å²) in [7, 11) is 1.50. The van der Waals surface area contributed by atoms with Crippen LogP contribution in [0.15, 0.2) is 22.7 Å². The number of likely N-dealkylation sites (N-methyl/N-ethyl adjacent to an activating group) is 1. The van der Waals surface area contributed by atoms with Crippen LogP contribution >= 0.6 is 15.9 Å². The lowest BCUT2D eigenvalue weighted by molar-refractivity contribution is -0.140. The molecule has 1 aromatic carbocycles. The van der Waals surface area contributed by atoms with Crippen molar-refractivity contribution in [3.8, 4) is 0 Å². The Hall–Kier alpha value is -1.93. The van der Waals surface area contributed by atoms with E-state index in [1.54, 1.807) is 11.0 Å². The van der Waals surface area contributed by atoms with E-state index in [2.05, 4.69) is 26.6 Å². The predicted octanol–water partition coefficient (Wildman–Crippen LogP) is 0.736. The van der Waals surface area contributed by atoms with Crippen LogP contribution in [0.4, 0.5) is 5.69 Å². The number of carbonyl (C=O) groups excluding carboxylic acids is 3. The number of fused-ring (bicyclic) bond motifs is 1. The smallest absolute Gasteiger partial charge is 0.310 e. The molecule has 1 atom stereocenters. The third-order valence-electron chi connectivity index (χ3n) is 3.49. The zero-order chi connectivity index (χ0) is 17.0. The highest BCUT2D eigenvalue weighted by Crippen LogP contribution is 2.37. The van der Waals surface area contributed by atoms with E-state index in [1.165, 1.54) is 7.11 Å². The van der Waals surface area contributed by atoms with Crippen LogP contribution in [0, 0.1) is 0 Å². The molecule has 8 heteroatoms. The number of hydrogen-bond donors (Lipinski definition) is 2. The van der Waals surface area contributed by atoms with Crippen LogP contribution in [0.2, 0.25) is 0 Å². The van der Waals surface area contributed by atoms with Gasteiger partial charge >= 0.3 is 11.8 Å². The molecule has 3 amide bonds. The average molecular weight is 384 g/mol. The Balaban J connectivity index is 2.14. The first-order valence-electron chi connectivity index (χ1n) is 7.18. The lowest BCUT2D eigenvalue weighted by Gasteiger charge is -2.15. The second-order valence-electron chi connectivity index (χ2n) is 4.94. The van der Waals surface area contributed by atoms with Crippen molar-refractivity contribution in [3.63, 3.8) is 0 Å². The molecule has 23 heavy (non-hydrogen) atoms. The van der Waals surface area contributed by atoms with Crippen molar-refractivity contribution in [2.24, 2.45) is 0 Å². The second-order valence-corrected chi connectivity index (χ2v) is 5.86. The van der Waals surface area contributed by atoms with Gasteiger partial charge in [0.2, 0.25) is 0 Å². The number of halogens is 1. The minimum absolute atomic E-state index is 0.227. The Bertz CT molecular complexity index is 635. The van der Waals surface area contributed by atoms with Crippen LogP contribution in [0.1, 0.15) is 18.5 Å². The van der Waals surface area contributed by atoms with Gasteiger partial charge in [-0.1, -0.05) is 15.9 Å². The minimum Gasteiger partial charge on any atom is -0.383 e. The first-order chi connectivity index (χ1) is 11.0. The molecule has 0 fully saturated rings. The molecule has 0 aromatic heterocycles. The molecule has 1 aliphatic rings. The number of nitrogens with one attached hydrogen (secondary N) is 2. The van der Waals surface area contributed by atoms with E-state index in [1.807, 2.05) is 19.1 Å². The number of rotatable bonds is 5. The molecule has 0 spiro atoms. The van der Waals surface area contributed by atoms with Crippen LogP contribution in [0.3, 0.4) is 0 Å². The van der Waals surface area contributed by atoms with Gasteiger partial charge < -0.3 is 20.3 Å². The summed E-state index contributed by atoms with van der Waals surface area (Å²) in [5.74, 6) is -1.89. The van der Waals surface area contributed by atoms with Gasteiger partial charge in [-0.3, -0.25) is 14.4 Å². The number of nitrogens with zero attached hydrogens (tertiary/aromatic N) is 1. The summed E-state index contributed by atoms with van der Waals surface area (Å²) < 4.78 is 5.60. The number of amides is 3. The van der Waals surface area contributed by atoms with Crippen LogP contribution in [0.5, 0.6) is 0 Å². The predicted molar refractivity (Wildman–Crippen MR) is 87.9 cm³/mol. The molecule has 0 radical (unpaired) electrons. The van der Waals surface area contributed by atoms with Crippen LogP contribution in [-0.2, 0) is 19.1 Å². The van der Waals surface area contributed by atoms with Gasteiger partial charge in [0.1, 0.15) is 6.04 Å². The molecule has 0 bridgehead atoms. The maximum absolute atomic E-state index is 12.5. The molecule has 0 aliphatic carbocycles. The summed E-state index contributed by atoms with van der Waals surface area (Å²) in [4.78, 5) is 37.8. The van der Waals surface area contributed by atoms with Crippen molar-refractivity contribution in [1.29, 1.82) is 0 Å². The molecular formula is C15H18BrN3O4. The molecule has 1 aliphatic heterocycles. The SMILES string of the molecule is CCN1C(=O)[C@@H](NC(=O)C(=O)NCCOC)c2cc(Br)ccc21. The molecule has 7 nitrogen and oxygen atoms in total. The number of carbonyl (C=O) groups is 3. The van der Waals surface area contributed by atoms with E-state index >= 15 is 0 Å². The molecule has 2 rings (SSSR count). The van der Waals surface area contributed by atoms with E-state index in [9.17, 15) is 14.4 Å². The molecule has 0 unspecified atom stereocenters. The summed E-state index contributed by atoms with van der Waals surface area (Å²) in [6, 6.07) is 4.56. The van der Waals surface area contributed by atoms with Crippen LogP contribution in [0.25, 0.3) is 0 Å². The van der Waals surface area contributed by atoms with E-state index < -0.39 is 17.9 Å². The Kier molecular flexibility index (Phi) is 5.73. The quantitative estimate of drug-likeness (QED) is 0.579. The van der Waals surface area contributed by atoms with Gasteiger partial charge in [-0.15, -0.1) is 0 Å². The summed E-state index contributed by atoms with van der Waals surface area (Å²) in [6.45, 7) is 2.87. The maximum atomic E-state index is 12.5. The molecule has 1 heterocycles. The molecular weight excluding hydrogens is 366 g/mol. The Morgan fingerprint density at radius 1 is 1.35 bits per heavy atom. The van der Waals surface area contributed by atoms with Gasteiger partial charge in [0.15, 0.2) is 0 Å². The van der Waals surface area contributed by atoms with Crippen molar-refractivity contribution >= 4 is 39.3 Å². The van der Waals surface area contributed by atoms with E-state index in [0.29, 0.717) is 18.7 Å². The van der Waals surface area contributed by atoms with Crippen molar-refractivity contribution in [2.75, 3.05) is 31.7 Å². The Morgan fingerprint density at radius 2 is 2.09 bits per heavy atom. The number of hydrogen-bond acceptors (Lipinski definition) is 4. The van der Waals surface area contributed by atoms with Gasteiger partial charge in [-0.25, -0.2) is 0 Å². The standard InChI is InChI=1S/C15H18BrN3O4/c1-3-19-11-5-4-9(16)8-10(11)12(15(19)22)18-14(21)13(20)17-6-7-23-2/h4-5,8,12H,3,6-7H2,1-2H3,(H,17,20)(H,18,21)/t12-/m0/s1. The summed E-state index contributed by atoms with van der Waals surface area (Å²) in [5, 5.41) is 4.92. The first kappa shape index (κ1) is 17.4. The lowest BCUT2D eigenvalue weighted by Crippen LogP contribution is -2.45. The topological polar surface area (TPSA) is 87.7 Å². The fourth-order valence-electron chi connectivity index (χ4n) is 2.42. The average Bonchev–Trinajstić information content (AvgIpc) is 2.78. The van der Waals surface area contributed by atoms with Gasteiger partial charge in [0.05, 0.1) is 6.61 Å². The summed E-state index contributed by atoms with van der Waals surface area (Å²) in [5.41, 5.74) is 1.41. The molecule has 2 N–H and O–H groups in total. The monoisotopic (exact) mass is 383 g/mol. The van der Waals surface area contributed by atoms with Crippen LogP contribution in [-0.4, -0.2) is 44.5 Å². The first-order valence-corrected chi connectivity index (χ1v) is 7.97.